The van der Waals surface area contributed by atoms with Gasteiger partial charge >= 0.3 is 0 Å². The van der Waals surface area contributed by atoms with Crippen LogP contribution < -0.4 is 0 Å². The third-order valence-corrected chi connectivity index (χ3v) is 6.09. The fraction of sp³-hybridized carbons (Fsp3) is 0.316. The van der Waals surface area contributed by atoms with Crippen LogP contribution in [-0.4, -0.2) is 41.4 Å². The van der Waals surface area contributed by atoms with Crippen LogP contribution in [0.15, 0.2) is 41.8 Å². The molecule has 0 spiro atoms. The SMILES string of the molecule is O=C(/C=C/c1ccc(Cl)cc1)N1CC(N2CCc3sccc3C2)C1. The highest BCUT2D eigenvalue weighted by atomic mass is 35.5. The van der Waals surface area contributed by atoms with Crippen LogP contribution in [0, 0.1) is 0 Å². The Morgan fingerprint density at radius 1 is 1.21 bits per heavy atom. The van der Waals surface area contributed by atoms with Crippen molar-refractivity contribution in [2.75, 3.05) is 19.6 Å². The summed E-state index contributed by atoms with van der Waals surface area (Å²) in [6, 6.07) is 10.2. The maximum atomic E-state index is 12.2. The molecule has 124 valence electrons. The Labute approximate surface area is 151 Å². The van der Waals surface area contributed by atoms with Crippen LogP contribution in [-0.2, 0) is 17.8 Å². The zero-order chi connectivity index (χ0) is 16.5. The molecule has 2 aromatic rings. The number of rotatable bonds is 3. The average Bonchev–Trinajstić information content (AvgIpc) is 3.01. The van der Waals surface area contributed by atoms with Gasteiger partial charge in [-0.1, -0.05) is 23.7 Å². The van der Waals surface area contributed by atoms with Gasteiger partial charge in [0.25, 0.3) is 0 Å². The summed E-state index contributed by atoms with van der Waals surface area (Å²) in [7, 11) is 0. The zero-order valence-electron chi connectivity index (χ0n) is 13.3. The van der Waals surface area contributed by atoms with Crippen molar-refractivity contribution in [1.29, 1.82) is 0 Å². The Hall–Kier alpha value is -1.62. The Morgan fingerprint density at radius 2 is 2.00 bits per heavy atom. The summed E-state index contributed by atoms with van der Waals surface area (Å²) in [5.74, 6) is 0.0921. The average molecular weight is 359 g/mol. The second kappa shape index (κ2) is 6.71. The molecule has 3 nitrogen and oxygen atoms in total. The number of thiophene rings is 1. The highest BCUT2D eigenvalue weighted by molar-refractivity contribution is 7.10. The largest absolute Gasteiger partial charge is 0.336 e. The van der Waals surface area contributed by atoms with Gasteiger partial charge in [0, 0.05) is 48.2 Å². The third-order valence-electron chi connectivity index (χ3n) is 4.82. The third kappa shape index (κ3) is 3.27. The number of fused-ring (bicyclic) bond motifs is 1. The molecular formula is C19H19ClN2OS. The molecule has 0 saturated carbocycles. The number of hydrogen-bond acceptors (Lipinski definition) is 3. The van der Waals surface area contributed by atoms with Crippen LogP contribution in [0.1, 0.15) is 16.0 Å². The molecule has 5 heteroatoms. The first-order valence-corrected chi connectivity index (χ1v) is 9.46. The number of amides is 1. The van der Waals surface area contributed by atoms with E-state index in [0.717, 1.165) is 38.2 Å². The van der Waals surface area contributed by atoms with Gasteiger partial charge in [-0.15, -0.1) is 11.3 Å². The van der Waals surface area contributed by atoms with Gasteiger partial charge < -0.3 is 4.90 Å². The highest BCUT2D eigenvalue weighted by Gasteiger charge is 2.35. The second-order valence-corrected chi connectivity index (χ2v) is 7.81. The predicted octanol–water partition coefficient (Wildman–Crippen LogP) is 3.68. The van der Waals surface area contributed by atoms with Gasteiger partial charge in [-0.3, -0.25) is 9.69 Å². The Morgan fingerprint density at radius 3 is 2.79 bits per heavy atom. The van der Waals surface area contributed by atoms with Gasteiger partial charge in [0.1, 0.15) is 0 Å². The summed E-state index contributed by atoms with van der Waals surface area (Å²) in [6.07, 6.45) is 4.66. The lowest BCUT2D eigenvalue weighted by Gasteiger charge is -2.46. The molecule has 0 radical (unpaired) electrons. The van der Waals surface area contributed by atoms with E-state index in [1.165, 1.54) is 10.4 Å². The van der Waals surface area contributed by atoms with E-state index in [4.69, 9.17) is 11.6 Å². The van der Waals surface area contributed by atoms with E-state index in [1.807, 2.05) is 46.6 Å². The number of likely N-dealkylation sites (tertiary alicyclic amines) is 1. The molecule has 0 atom stereocenters. The summed E-state index contributed by atoms with van der Waals surface area (Å²) in [5, 5.41) is 2.89. The van der Waals surface area contributed by atoms with E-state index in [2.05, 4.69) is 16.3 Å². The van der Waals surface area contributed by atoms with E-state index in [0.29, 0.717) is 11.1 Å². The van der Waals surface area contributed by atoms with Gasteiger partial charge in [-0.05, 0) is 47.2 Å². The molecule has 0 unspecified atom stereocenters. The maximum absolute atomic E-state index is 12.2. The van der Waals surface area contributed by atoms with Crippen molar-refractivity contribution >= 4 is 34.9 Å². The molecule has 0 aliphatic carbocycles. The van der Waals surface area contributed by atoms with E-state index < -0.39 is 0 Å². The van der Waals surface area contributed by atoms with Crippen molar-refractivity contribution in [3.8, 4) is 0 Å². The Kier molecular flexibility index (Phi) is 4.44. The van der Waals surface area contributed by atoms with E-state index in [-0.39, 0.29) is 5.91 Å². The van der Waals surface area contributed by atoms with Crippen LogP contribution in [0.3, 0.4) is 0 Å². The summed E-state index contributed by atoms with van der Waals surface area (Å²) < 4.78 is 0. The minimum Gasteiger partial charge on any atom is -0.336 e. The normalized spacial score (nSPS) is 18.6. The summed E-state index contributed by atoms with van der Waals surface area (Å²) in [6.45, 7) is 3.82. The van der Waals surface area contributed by atoms with Crippen LogP contribution in [0.4, 0.5) is 0 Å². The van der Waals surface area contributed by atoms with Crippen molar-refractivity contribution in [1.82, 2.24) is 9.80 Å². The summed E-state index contributed by atoms with van der Waals surface area (Å²) in [5.41, 5.74) is 2.46. The summed E-state index contributed by atoms with van der Waals surface area (Å²) in [4.78, 5) is 18.2. The molecule has 0 N–H and O–H groups in total. The molecule has 1 saturated heterocycles. The first-order valence-electron chi connectivity index (χ1n) is 8.21. The van der Waals surface area contributed by atoms with Crippen molar-refractivity contribution in [2.24, 2.45) is 0 Å². The van der Waals surface area contributed by atoms with E-state index in [9.17, 15) is 4.79 Å². The molecule has 24 heavy (non-hydrogen) atoms. The Balaban J connectivity index is 1.29. The molecule has 1 aromatic carbocycles. The number of halogens is 1. The van der Waals surface area contributed by atoms with Crippen LogP contribution >= 0.6 is 22.9 Å². The molecule has 1 amide bonds. The van der Waals surface area contributed by atoms with Crippen LogP contribution in [0.25, 0.3) is 6.08 Å². The van der Waals surface area contributed by atoms with Crippen molar-refractivity contribution in [3.05, 3.63) is 62.8 Å². The van der Waals surface area contributed by atoms with Crippen molar-refractivity contribution < 1.29 is 4.79 Å². The van der Waals surface area contributed by atoms with Gasteiger partial charge in [0.05, 0.1) is 0 Å². The van der Waals surface area contributed by atoms with Gasteiger partial charge in [0.15, 0.2) is 0 Å². The molecule has 1 aromatic heterocycles. The molecule has 2 aliphatic rings. The number of carbonyl (C=O) groups is 1. The molecule has 1 fully saturated rings. The lowest BCUT2D eigenvalue weighted by Crippen LogP contribution is -2.61. The van der Waals surface area contributed by atoms with Crippen molar-refractivity contribution in [2.45, 2.75) is 19.0 Å². The minimum absolute atomic E-state index is 0.0921. The quantitative estimate of drug-likeness (QED) is 0.781. The fourth-order valence-electron chi connectivity index (χ4n) is 3.29. The fourth-order valence-corrected chi connectivity index (χ4v) is 4.31. The zero-order valence-corrected chi connectivity index (χ0v) is 14.9. The van der Waals surface area contributed by atoms with E-state index in [1.54, 1.807) is 6.08 Å². The van der Waals surface area contributed by atoms with Crippen LogP contribution in [0.2, 0.25) is 5.02 Å². The molecule has 3 heterocycles. The van der Waals surface area contributed by atoms with Crippen LogP contribution in [0.5, 0.6) is 0 Å². The highest BCUT2D eigenvalue weighted by Crippen LogP contribution is 2.27. The number of nitrogens with zero attached hydrogens (tertiary/aromatic N) is 2. The molecular weight excluding hydrogens is 340 g/mol. The van der Waals surface area contributed by atoms with E-state index >= 15 is 0 Å². The van der Waals surface area contributed by atoms with Gasteiger partial charge in [-0.25, -0.2) is 0 Å². The monoisotopic (exact) mass is 358 g/mol. The van der Waals surface area contributed by atoms with Gasteiger partial charge in [-0.2, -0.15) is 0 Å². The van der Waals surface area contributed by atoms with Crippen molar-refractivity contribution in [3.63, 3.8) is 0 Å². The summed E-state index contributed by atoms with van der Waals surface area (Å²) >= 11 is 7.73. The second-order valence-electron chi connectivity index (χ2n) is 6.37. The number of benzene rings is 1. The number of carbonyl (C=O) groups excluding carboxylic acids is 1. The standard InChI is InChI=1S/C19H19ClN2OS/c20-16-4-1-14(2-5-16)3-6-19(23)22-12-17(13-22)21-9-7-18-15(11-21)8-10-24-18/h1-6,8,10,17H,7,9,11-13H2/b6-3+. The molecule has 0 bridgehead atoms. The lowest BCUT2D eigenvalue weighted by molar-refractivity contribution is -0.133. The Bertz CT molecular complexity index is 762. The minimum atomic E-state index is 0.0921. The van der Waals surface area contributed by atoms with Gasteiger partial charge in [0.2, 0.25) is 5.91 Å². The first-order chi connectivity index (χ1) is 11.7. The number of hydrogen-bond donors (Lipinski definition) is 0. The predicted molar refractivity (Wildman–Crippen MR) is 99.3 cm³/mol. The maximum Gasteiger partial charge on any atom is 0.246 e. The molecule has 4 rings (SSSR count). The first kappa shape index (κ1) is 15.9. The lowest BCUT2D eigenvalue weighted by atomic mass is 10.0. The molecule has 2 aliphatic heterocycles. The topological polar surface area (TPSA) is 23.6 Å². The smallest absolute Gasteiger partial charge is 0.246 e.